The van der Waals surface area contributed by atoms with Gasteiger partial charge in [0.2, 0.25) is 5.91 Å². The number of hydrogen-bond donors (Lipinski definition) is 0. The lowest BCUT2D eigenvalue weighted by Gasteiger charge is -2.46. The van der Waals surface area contributed by atoms with Crippen LogP contribution < -0.4 is 14.4 Å². The largest absolute Gasteiger partial charge is 0.493 e. The lowest BCUT2D eigenvalue weighted by molar-refractivity contribution is -0.132. The maximum absolute atomic E-state index is 13.4. The Morgan fingerprint density at radius 2 is 1.63 bits per heavy atom. The number of benzene rings is 2. The first-order valence-electron chi connectivity index (χ1n) is 15.3. The number of ether oxygens (including phenoxy) is 2. The molecule has 2 aromatic rings. The predicted molar refractivity (Wildman–Crippen MR) is 161 cm³/mol. The molecule has 2 saturated heterocycles. The maximum Gasteiger partial charge on any atom is 0.222 e. The maximum atomic E-state index is 13.4. The van der Waals surface area contributed by atoms with E-state index < -0.39 is 0 Å². The number of carbonyl (C=O) groups is 1. The molecule has 0 unspecified atom stereocenters. The van der Waals surface area contributed by atoms with Crippen molar-refractivity contribution in [3.63, 3.8) is 0 Å². The molecule has 1 amide bonds. The van der Waals surface area contributed by atoms with Gasteiger partial charge in [0.1, 0.15) is 5.82 Å². The molecule has 0 radical (unpaired) electrons. The summed E-state index contributed by atoms with van der Waals surface area (Å²) in [7, 11) is 3.40. The van der Waals surface area contributed by atoms with Crippen LogP contribution in [0.1, 0.15) is 44.2 Å². The highest BCUT2D eigenvalue weighted by atomic mass is 19.1. The van der Waals surface area contributed by atoms with Gasteiger partial charge in [-0.25, -0.2) is 4.39 Å². The molecule has 2 atom stereocenters. The van der Waals surface area contributed by atoms with Gasteiger partial charge in [-0.1, -0.05) is 13.8 Å². The third kappa shape index (κ3) is 7.15. The number of methoxy groups -OCH3 is 2. The smallest absolute Gasteiger partial charge is 0.222 e. The van der Waals surface area contributed by atoms with Gasteiger partial charge in [0.25, 0.3) is 0 Å². The summed E-state index contributed by atoms with van der Waals surface area (Å²) in [6.45, 7) is 12.8. The zero-order valence-corrected chi connectivity index (χ0v) is 25.3. The second-order valence-corrected chi connectivity index (χ2v) is 12.3. The van der Waals surface area contributed by atoms with Crippen molar-refractivity contribution >= 4 is 11.6 Å². The minimum atomic E-state index is -0.218. The summed E-state index contributed by atoms with van der Waals surface area (Å²) in [5, 5.41) is 0. The van der Waals surface area contributed by atoms with Crippen molar-refractivity contribution < 1.29 is 18.7 Å². The molecular weight excluding hydrogens is 519 g/mol. The Labute approximate surface area is 245 Å². The molecule has 7 nitrogen and oxygen atoms in total. The van der Waals surface area contributed by atoms with Crippen molar-refractivity contribution in [2.75, 3.05) is 71.5 Å². The molecule has 2 aromatic carbocycles. The molecule has 41 heavy (non-hydrogen) atoms. The standard InChI is InChI=1S/C33H47FN4O3/c1-24(2)21-35-13-12-30(38-14-11-25-19-31(40-3)32(41-4)20-27(25)23-38)26(22-35)5-10-33(39)37-17-15-36(16-18-37)29-8-6-28(34)7-9-29/h6-9,19-20,24,26,30H,5,10-18,21-23H2,1-4H3/t26-,30+/m0/s1. The van der Waals surface area contributed by atoms with E-state index >= 15 is 0 Å². The Bertz CT molecular complexity index is 1170. The number of piperazine rings is 1. The average Bonchev–Trinajstić information content (AvgIpc) is 2.99. The fraction of sp³-hybridized carbons (Fsp3) is 0.606. The van der Waals surface area contributed by atoms with E-state index in [0.29, 0.717) is 24.3 Å². The number of piperidine rings is 1. The highest BCUT2D eigenvalue weighted by Gasteiger charge is 2.36. The molecule has 0 spiro atoms. The molecule has 0 N–H and O–H groups in total. The van der Waals surface area contributed by atoms with Crippen LogP contribution in [-0.2, 0) is 17.8 Å². The van der Waals surface area contributed by atoms with Crippen molar-refractivity contribution in [3.05, 3.63) is 53.3 Å². The number of likely N-dealkylation sites (tertiary alicyclic amines) is 1. The summed E-state index contributed by atoms with van der Waals surface area (Å²) in [6, 6.07) is 11.4. The van der Waals surface area contributed by atoms with Crippen LogP contribution in [0, 0.1) is 17.7 Å². The number of hydrogen-bond acceptors (Lipinski definition) is 6. The molecule has 0 bridgehead atoms. The van der Waals surface area contributed by atoms with Crippen molar-refractivity contribution in [2.24, 2.45) is 11.8 Å². The van der Waals surface area contributed by atoms with E-state index in [9.17, 15) is 9.18 Å². The lowest BCUT2D eigenvalue weighted by atomic mass is 9.84. The lowest BCUT2D eigenvalue weighted by Crippen LogP contribution is -2.53. The number of carbonyl (C=O) groups excluding carboxylic acids is 1. The van der Waals surface area contributed by atoms with Gasteiger partial charge >= 0.3 is 0 Å². The van der Waals surface area contributed by atoms with E-state index in [0.717, 1.165) is 95.4 Å². The summed E-state index contributed by atoms with van der Waals surface area (Å²) in [6.07, 6.45) is 3.67. The van der Waals surface area contributed by atoms with Crippen molar-refractivity contribution in [3.8, 4) is 11.5 Å². The molecule has 2 fully saturated rings. The Hall–Kier alpha value is -2.84. The van der Waals surface area contributed by atoms with E-state index in [-0.39, 0.29) is 11.7 Å². The van der Waals surface area contributed by atoms with Crippen LogP contribution in [0.5, 0.6) is 11.5 Å². The monoisotopic (exact) mass is 566 g/mol. The first-order valence-corrected chi connectivity index (χ1v) is 15.3. The summed E-state index contributed by atoms with van der Waals surface area (Å²) in [4.78, 5) is 22.9. The van der Waals surface area contributed by atoms with Crippen molar-refractivity contribution in [2.45, 2.75) is 52.1 Å². The SMILES string of the molecule is COc1cc2c(cc1OC)CN([C@@H]1CCN(CC(C)C)C[C@@H]1CCC(=O)N1CCN(c3ccc(F)cc3)CC1)CC2. The van der Waals surface area contributed by atoms with Gasteiger partial charge in [-0.05, 0) is 85.2 Å². The predicted octanol–water partition coefficient (Wildman–Crippen LogP) is 4.68. The Morgan fingerprint density at radius 3 is 2.29 bits per heavy atom. The molecule has 5 rings (SSSR count). The quantitative estimate of drug-likeness (QED) is 0.440. The van der Waals surface area contributed by atoms with Crippen LogP contribution in [0.4, 0.5) is 10.1 Å². The number of halogens is 1. The Morgan fingerprint density at radius 1 is 0.951 bits per heavy atom. The van der Waals surface area contributed by atoms with Gasteiger partial charge in [0.05, 0.1) is 14.2 Å². The fourth-order valence-corrected chi connectivity index (χ4v) is 7.06. The Kier molecular flexibility index (Phi) is 9.71. The number of fused-ring (bicyclic) bond motifs is 1. The zero-order chi connectivity index (χ0) is 28.9. The number of rotatable bonds is 9. The second kappa shape index (κ2) is 13.4. The fourth-order valence-electron chi connectivity index (χ4n) is 7.06. The number of anilines is 1. The van der Waals surface area contributed by atoms with Crippen molar-refractivity contribution in [1.29, 1.82) is 0 Å². The molecule has 3 heterocycles. The highest BCUT2D eigenvalue weighted by Crippen LogP contribution is 2.36. The van der Waals surface area contributed by atoms with Crippen LogP contribution in [0.25, 0.3) is 0 Å². The van der Waals surface area contributed by atoms with E-state index in [2.05, 4.69) is 40.7 Å². The molecule has 0 saturated carbocycles. The normalized spacial score (nSPS) is 22.1. The van der Waals surface area contributed by atoms with Gasteiger partial charge in [-0.2, -0.15) is 0 Å². The van der Waals surface area contributed by atoms with Crippen LogP contribution >= 0.6 is 0 Å². The zero-order valence-electron chi connectivity index (χ0n) is 25.3. The average molecular weight is 567 g/mol. The minimum Gasteiger partial charge on any atom is -0.493 e. The van der Waals surface area contributed by atoms with Gasteiger partial charge in [0.15, 0.2) is 11.5 Å². The Balaban J connectivity index is 1.21. The molecule has 8 heteroatoms. The third-order valence-corrected chi connectivity index (χ3v) is 9.17. The first-order chi connectivity index (χ1) is 19.8. The van der Waals surface area contributed by atoms with E-state index in [1.54, 1.807) is 14.2 Å². The highest BCUT2D eigenvalue weighted by molar-refractivity contribution is 5.76. The van der Waals surface area contributed by atoms with Crippen LogP contribution in [-0.4, -0.2) is 93.2 Å². The van der Waals surface area contributed by atoms with Crippen LogP contribution in [0.15, 0.2) is 36.4 Å². The first kappa shape index (κ1) is 29.6. The molecule has 224 valence electrons. The van der Waals surface area contributed by atoms with Crippen LogP contribution in [0.3, 0.4) is 0 Å². The van der Waals surface area contributed by atoms with Gasteiger partial charge < -0.3 is 24.2 Å². The summed E-state index contributed by atoms with van der Waals surface area (Å²) in [5.74, 6) is 2.75. The molecule has 3 aliphatic heterocycles. The summed E-state index contributed by atoms with van der Waals surface area (Å²) >= 11 is 0. The number of amides is 1. The van der Waals surface area contributed by atoms with Crippen LogP contribution in [0.2, 0.25) is 0 Å². The third-order valence-electron chi connectivity index (χ3n) is 9.17. The van der Waals surface area contributed by atoms with Crippen molar-refractivity contribution in [1.82, 2.24) is 14.7 Å². The molecule has 0 aromatic heterocycles. The summed E-state index contributed by atoms with van der Waals surface area (Å²) < 4.78 is 24.5. The molecular formula is C33H47FN4O3. The number of nitrogens with zero attached hydrogens (tertiary/aromatic N) is 4. The van der Waals surface area contributed by atoms with E-state index in [1.165, 1.54) is 23.3 Å². The summed E-state index contributed by atoms with van der Waals surface area (Å²) in [5.41, 5.74) is 3.70. The van der Waals surface area contributed by atoms with E-state index in [4.69, 9.17) is 9.47 Å². The van der Waals surface area contributed by atoms with Gasteiger partial charge in [0, 0.05) is 70.5 Å². The van der Waals surface area contributed by atoms with E-state index in [1.807, 2.05) is 17.0 Å². The molecule has 0 aliphatic carbocycles. The minimum absolute atomic E-state index is 0.218. The van der Waals surface area contributed by atoms with Gasteiger partial charge in [-0.3, -0.25) is 9.69 Å². The second-order valence-electron chi connectivity index (χ2n) is 12.3. The van der Waals surface area contributed by atoms with Gasteiger partial charge in [-0.15, -0.1) is 0 Å². The topological polar surface area (TPSA) is 48.5 Å². The molecule has 3 aliphatic rings.